The molecule has 0 spiro atoms. The van der Waals surface area contributed by atoms with Crippen molar-refractivity contribution in [2.75, 3.05) is 5.32 Å². The average Bonchev–Trinajstić information content (AvgIpc) is 2.19. The molecular weight excluding hydrogens is 238 g/mol. The minimum atomic E-state index is 0.588. The predicted molar refractivity (Wildman–Crippen MR) is 66.9 cm³/mol. The normalized spacial score (nSPS) is 10.6. The molecule has 1 N–H and O–H groups in total. The molecule has 0 fully saturated rings. The van der Waals surface area contributed by atoms with Crippen molar-refractivity contribution in [3.8, 4) is 0 Å². The molecule has 1 nitrogen and oxygen atoms in total. The fourth-order valence-corrected chi connectivity index (χ4v) is 1.79. The zero-order valence-corrected chi connectivity index (χ0v) is 10.7. The molecule has 1 rings (SSSR count). The number of aryl methyl sites for hydroxylation is 1. The molecule has 0 atom stereocenters. The Morgan fingerprint density at radius 3 is 2.43 bits per heavy atom. The Hall–Kier alpha value is -0.500. The van der Waals surface area contributed by atoms with Gasteiger partial charge in [-0.2, -0.15) is 0 Å². The topological polar surface area (TPSA) is 12.0 Å². The number of benzene rings is 1. The van der Waals surface area contributed by atoms with E-state index in [2.05, 4.69) is 60.2 Å². The first kappa shape index (κ1) is 11.6. The van der Waals surface area contributed by atoms with Crippen molar-refractivity contribution < 1.29 is 0 Å². The van der Waals surface area contributed by atoms with Gasteiger partial charge in [0.1, 0.15) is 0 Å². The lowest BCUT2D eigenvalue weighted by molar-refractivity contribution is 0.672. The van der Waals surface area contributed by atoms with Crippen molar-refractivity contribution in [1.29, 1.82) is 0 Å². The van der Waals surface area contributed by atoms with Crippen molar-refractivity contribution in [1.82, 2.24) is 0 Å². The van der Waals surface area contributed by atoms with Crippen LogP contribution in [-0.2, 0) is 0 Å². The summed E-state index contributed by atoms with van der Waals surface area (Å²) in [5, 5.41) is 3.52. The molecule has 0 amide bonds. The largest absolute Gasteiger partial charge is 0.382 e. The molecule has 14 heavy (non-hydrogen) atoms. The Balaban J connectivity index is 2.72. The van der Waals surface area contributed by atoms with Crippen LogP contribution in [0.3, 0.4) is 0 Å². The molecule has 78 valence electrons. The maximum absolute atomic E-state index is 3.54. The third-order valence-electron chi connectivity index (χ3n) is 2.53. The third-order valence-corrected chi connectivity index (χ3v) is 3.38. The quantitative estimate of drug-likeness (QED) is 0.844. The van der Waals surface area contributed by atoms with Gasteiger partial charge in [-0.15, -0.1) is 0 Å². The molecule has 0 aliphatic heterocycles. The van der Waals surface area contributed by atoms with E-state index in [0.717, 1.165) is 0 Å². The Labute approximate surface area is 95.0 Å². The van der Waals surface area contributed by atoms with Crippen molar-refractivity contribution >= 4 is 21.6 Å². The third kappa shape index (κ3) is 3.02. The molecular formula is C12H18BrN. The monoisotopic (exact) mass is 255 g/mol. The van der Waals surface area contributed by atoms with Gasteiger partial charge >= 0.3 is 0 Å². The Kier molecular flexibility index (Phi) is 4.46. The van der Waals surface area contributed by atoms with Gasteiger partial charge in [0.2, 0.25) is 0 Å². The van der Waals surface area contributed by atoms with Gasteiger partial charge < -0.3 is 5.32 Å². The van der Waals surface area contributed by atoms with E-state index in [1.807, 2.05) is 0 Å². The van der Waals surface area contributed by atoms with Crippen LogP contribution in [0.5, 0.6) is 0 Å². The first-order valence-electron chi connectivity index (χ1n) is 5.20. The average molecular weight is 256 g/mol. The van der Waals surface area contributed by atoms with Crippen LogP contribution in [-0.4, -0.2) is 6.04 Å². The number of hydrogen-bond acceptors (Lipinski definition) is 1. The van der Waals surface area contributed by atoms with Crippen molar-refractivity contribution in [3.05, 3.63) is 28.2 Å². The summed E-state index contributed by atoms with van der Waals surface area (Å²) in [5.41, 5.74) is 2.48. The standard InChI is InChI=1S/C12H18BrN/c1-4-10(5-2)14-11-7-6-9(3)12(13)8-11/h6-8,10,14H,4-5H2,1-3H3. The second-order valence-corrected chi connectivity index (χ2v) is 4.48. The van der Waals surface area contributed by atoms with Crippen molar-refractivity contribution in [3.63, 3.8) is 0 Å². The fourth-order valence-electron chi connectivity index (χ4n) is 1.41. The molecule has 0 aliphatic carbocycles. The van der Waals surface area contributed by atoms with Gasteiger partial charge in [0.15, 0.2) is 0 Å². The van der Waals surface area contributed by atoms with Crippen LogP contribution in [0.15, 0.2) is 22.7 Å². The summed E-state index contributed by atoms with van der Waals surface area (Å²) in [6.45, 7) is 6.53. The van der Waals surface area contributed by atoms with Gasteiger partial charge in [0.25, 0.3) is 0 Å². The summed E-state index contributed by atoms with van der Waals surface area (Å²) >= 11 is 3.54. The molecule has 0 bridgehead atoms. The van der Waals surface area contributed by atoms with Crippen LogP contribution in [0, 0.1) is 6.92 Å². The van der Waals surface area contributed by atoms with Crippen LogP contribution < -0.4 is 5.32 Å². The van der Waals surface area contributed by atoms with E-state index in [1.54, 1.807) is 0 Å². The number of rotatable bonds is 4. The van der Waals surface area contributed by atoms with Crippen molar-refractivity contribution in [2.24, 2.45) is 0 Å². The zero-order chi connectivity index (χ0) is 10.6. The molecule has 0 heterocycles. The summed E-state index contributed by atoms with van der Waals surface area (Å²) < 4.78 is 1.17. The van der Waals surface area contributed by atoms with E-state index < -0.39 is 0 Å². The van der Waals surface area contributed by atoms with Gasteiger partial charge in [0, 0.05) is 16.2 Å². The number of hydrogen-bond donors (Lipinski definition) is 1. The molecule has 1 aromatic rings. The van der Waals surface area contributed by atoms with Crippen molar-refractivity contribution in [2.45, 2.75) is 39.7 Å². The molecule has 0 saturated carbocycles. The minimum absolute atomic E-state index is 0.588. The number of halogens is 1. The van der Waals surface area contributed by atoms with Crippen LogP contribution >= 0.6 is 15.9 Å². The fraction of sp³-hybridized carbons (Fsp3) is 0.500. The minimum Gasteiger partial charge on any atom is -0.382 e. The lowest BCUT2D eigenvalue weighted by Crippen LogP contribution is -2.16. The molecule has 0 radical (unpaired) electrons. The van der Waals surface area contributed by atoms with Crippen LogP contribution in [0.2, 0.25) is 0 Å². The molecule has 0 saturated heterocycles. The molecule has 0 unspecified atom stereocenters. The van der Waals surface area contributed by atoms with E-state index in [9.17, 15) is 0 Å². The smallest absolute Gasteiger partial charge is 0.0353 e. The molecule has 2 heteroatoms. The maximum Gasteiger partial charge on any atom is 0.0353 e. The van der Waals surface area contributed by atoms with Gasteiger partial charge in [0.05, 0.1) is 0 Å². The van der Waals surface area contributed by atoms with Gasteiger partial charge in [-0.25, -0.2) is 0 Å². The van der Waals surface area contributed by atoms with Crippen LogP contribution in [0.4, 0.5) is 5.69 Å². The lowest BCUT2D eigenvalue weighted by atomic mass is 10.1. The zero-order valence-electron chi connectivity index (χ0n) is 9.10. The highest BCUT2D eigenvalue weighted by Crippen LogP contribution is 2.21. The molecule has 0 aliphatic rings. The SMILES string of the molecule is CCC(CC)Nc1ccc(C)c(Br)c1. The summed E-state index contributed by atoms with van der Waals surface area (Å²) in [6.07, 6.45) is 2.34. The predicted octanol–water partition coefficient (Wildman–Crippen LogP) is 4.36. The van der Waals surface area contributed by atoms with Gasteiger partial charge in [-0.1, -0.05) is 35.8 Å². The summed E-state index contributed by atoms with van der Waals surface area (Å²) in [5.74, 6) is 0. The first-order valence-corrected chi connectivity index (χ1v) is 5.99. The van der Waals surface area contributed by atoms with Gasteiger partial charge in [-0.05, 0) is 37.5 Å². The van der Waals surface area contributed by atoms with E-state index in [4.69, 9.17) is 0 Å². The summed E-state index contributed by atoms with van der Waals surface area (Å²) in [4.78, 5) is 0. The van der Waals surface area contributed by atoms with E-state index >= 15 is 0 Å². The van der Waals surface area contributed by atoms with Crippen LogP contribution in [0.25, 0.3) is 0 Å². The van der Waals surface area contributed by atoms with E-state index in [-0.39, 0.29) is 0 Å². The number of anilines is 1. The highest BCUT2D eigenvalue weighted by molar-refractivity contribution is 9.10. The van der Waals surface area contributed by atoms with E-state index in [0.29, 0.717) is 6.04 Å². The lowest BCUT2D eigenvalue weighted by Gasteiger charge is -2.16. The molecule has 1 aromatic carbocycles. The Bertz CT molecular complexity index is 292. The highest BCUT2D eigenvalue weighted by Gasteiger charge is 2.03. The maximum atomic E-state index is 3.54. The second kappa shape index (κ2) is 5.40. The Morgan fingerprint density at radius 1 is 1.29 bits per heavy atom. The van der Waals surface area contributed by atoms with Crippen LogP contribution in [0.1, 0.15) is 32.3 Å². The molecule has 0 aromatic heterocycles. The summed E-state index contributed by atoms with van der Waals surface area (Å²) in [6, 6.07) is 7.01. The second-order valence-electron chi connectivity index (χ2n) is 3.62. The van der Waals surface area contributed by atoms with Gasteiger partial charge in [-0.3, -0.25) is 0 Å². The first-order chi connectivity index (χ1) is 6.67. The highest BCUT2D eigenvalue weighted by atomic mass is 79.9. The Morgan fingerprint density at radius 2 is 1.93 bits per heavy atom. The number of nitrogens with one attached hydrogen (secondary N) is 1. The van der Waals surface area contributed by atoms with E-state index in [1.165, 1.54) is 28.6 Å². The summed E-state index contributed by atoms with van der Waals surface area (Å²) in [7, 11) is 0.